The molecular formula is C36H50N2O5S. The van der Waals surface area contributed by atoms with E-state index in [2.05, 4.69) is 47.4 Å². The van der Waals surface area contributed by atoms with Crippen LogP contribution in [0, 0.1) is 11.8 Å². The van der Waals surface area contributed by atoms with Crippen molar-refractivity contribution in [3.63, 3.8) is 0 Å². The van der Waals surface area contributed by atoms with E-state index >= 15 is 0 Å². The Hall–Kier alpha value is -2.71. The van der Waals surface area contributed by atoms with Gasteiger partial charge in [0.1, 0.15) is 11.5 Å². The first-order valence-electron chi connectivity index (χ1n) is 16.6. The zero-order valence-corrected chi connectivity index (χ0v) is 27.8. The molecule has 0 unspecified atom stereocenters. The highest BCUT2D eigenvalue weighted by Crippen LogP contribution is 2.45. The average Bonchev–Trinajstić information content (AvgIpc) is 3.17. The fourth-order valence-electron chi connectivity index (χ4n) is 7.62. The minimum Gasteiger partial charge on any atom is -0.490 e. The highest BCUT2D eigenvalue weighted by Gasteiger charge is 2.42. The summed E-state index contributed by atoms with van der Waals surface area (Å²) in [6, 6.07) is 14.3. The van der Waals surface area contributed by atoms with E-state index in [9.17, 15) is 13.8 Å². The molecule has 1 aliphatic carbocycles. The lowest BCUT2D eigenvalue weighted by Gasteiger charge is -2.42. The number of hydrogen-bond donors (Lipinski definition) is 0. The Bertz CT molecular complexity index is 1460. The van der Waals surface area contributed by atoms with Crippen molar-refractivity contribution >= 4 is 27.1 Å². The number of Topliss-reactive ketones (excluding diaryl/α,β-unsaturated/α-hetero) is 1. The number of ether oxygens (including phenoxy) is 2. The van der Waals surface area contributed by atoms with Gasteiger partial charge in [-0.15, -0.1) is 0 Å². The maximum atomic E-state index is 14.0. The van der Waals surface area contributed by atoms with Gasteiger partial charge < -0.3 is 14.4 Å². The third kappa shape index (κ3) is 7.07. The number of nitrogens with zero attached hydrogens (tertiary/aromatic N) is 2. The van der Waals surface area contributed by atoms with Gasteiger partial charge in [-0.05, 0) is 73.3 Å². The number of carbonyl (C=O) groups excluding carboxylic acids is 2. The number of benzene rings is 2. The first-order chi connectivity index (χ1) is 21.2. The van der Waals surface area contributed by atoms with Crippen LogP contribution in [0.15, 0.2) is 46.8 Å². The predicted molar refractivity (Wildman–Crippen MR) is 177 cm³/mol. The van der Waals surface area contributed by atoms with Crippen LogP contribution < -0.4 is 9.64 Å². The Balaban J connectivity index is 1.61. The molecule has 8 heteroatoms. The van der Waals surface area contributed by atoms with Crippen molar-refractivity contribution in [3.8, 4) is 5.75 Å². The van der Waals surface area contributed by atoms with Crippen LogP contribution in [-0.4, -0.2) is 60.3 Å². The summed E-state index contributed by atoms with van der Waals surface area (Å²) in [6.07, 6.45) is 8.00. The van der Waals surface area contributed by atoms with Gasteiger partial charge in [0.25, 0.3) is 5.91 Å². The fraction of sp³-hybridized carbons (Fsp3) is 0.611. The van der Waals surface area contributed by atoms with E-state index in [-0.39, 0.29) is 35.2 Å². The van der Waals surface area contributed by atoms with Crippen LogP contribution in [0.1, 0.15) is 93.6 Å². The quantitative estimate of drug-likeness (QED) is 0.357. The van der Waals surface area contributed by atoms with E-state index in [1.165, 1.54) is 11.1 Å². The van der Waals surface area contributed by atoms with E-state index in [1.54, 1.807) is 13.0 Å². The summed E-state index contributed by atoms with van der Waals surface area (Å²) in [4.78, 5) is 28.5. The molecule has 1 spiro atoms. The lowest BCUT2D eigenvalue weighted by Crippen LogP contribution is -2.47. The summed E-state index contributed by atoms with van der Waals surface area (Å²) in [5.41, 5.74) is 3.87. The number of amides is 1. The van der Waals surface area contributed by atoms with Crippen molar-refractivity contribution in [2.75, 3.05) is 43.2 Å². The molecule has 7 nitrogen and oxygen atoms in total. The van der Waals surface area contributed by atoms with E-state index in [0.29, 0.717) is 30.4 Å². The Labute approximate surface area is 264 Å². The van der Waals surface area contributed by atoms with E-state index < -0.39 is 15.6 Å². The second kappa shape index (κ2) is 14.2. The molecule has 2 aromatic carbocycles. The Morgan fingerprint density at radius 1 is 1.14 bits per heavy atom. The van der Waals surface area contributed by atoms with Crippen LogP contribution in [-0.2, 0) is 31.1 Å². The number of rotatable bonds is 5. The first-order valence-corrected chi connectivity index (χ1v) is 18.5. The molecule has 0 radical (unpaired) electrons. The zero-order chi connectivity index (χ0) is 31.3. The summed E-state index contributed by atoms with van der Waals surface area (Å²) in [7, 11) is -1.20. The SMILES string of the molecule is CCC(=O)C[S@]1(=O)=NC(=O)c2ccc3c(c2)N(C[C@H](CC)[C@@H](C)[C@@H](OC)CCCCC1)C[C@@]1(CCCc2ccccc21)CO3. The number of ketones is 1. The molecule has 3 aliphatic rings. The lowest BCUT2D eigenvalue weighted by molar-refractivity contribution is -0.116. The van der Waals surface area contributed by atoms with Crippen molar-refractivity contribution in [2.24, 2.45) is 16.2 Å². The smallest absolute Gasteiger partial charge is 0.285 e. The van der Waals surface area contributed by atoms with E-state index in [0.717, 1.165) is 69.5 Å². The number of hydrogen-bond acceptors (Lipinski definition) is 6. The normalized spacial score (nSPS) is 29.7. The number of anilines is 1. The molecule has 2 bridgehead atoms. The molecule has 240 valence electrons. The summed E-state index contributed by atoms with van der Waals surface area (Å²) in [6.45, 7) is 8.51. The van der Waals surface area contributed by atoms with Gasteiger partial charge >= 0.3 is 0 Å². The number of aryl methyl sites for hydroxylation is 1. The third-order valence-electron chi connectivity index (χ3n) is 10.3. The number of carbonyl (C=O) groups is 2. The molecule has 2 heterocycles. The minimum atomic E-state index is -3.02. The van der Waals surface area contributed by atoms with Gasteiger partial charge in [-0.1, -0.05) is 64.3 Å². The van der Waals surface area contributed by atoms with Crippen LogP contribution in [0.3, 0.4) is 0 Å². The number of fused-ring (bicyclic) bond motifs is 3. The molecule has 2 aliphatic heterocycles. The van der Waals surface area contributed by atoms with Crippen molar-refractivity contribution < 1.29 is 23.3 Å². The molecule has 0 aromatic heterocycles. The van der Waals surface area contributed by atoms with E-state index in [1.807, 2.05) is 19.2 Å². The van der Waals surface area contributed by atoms with Gasteiger partial charge in [-0.3, -0.25) is 9.59 Å². The summed E-state index contributed by atoms with van der Waals surface area (Å²) in [5.74, 6) is 0.888. The zero-order valence-electron chi connectivity index (χ0n) is 27.0. The summed E-state index contributed by atoms with van der Waals surface area (Å²) < 4.78 is 31.0. The van der Waals surface area contributed by atoms with Crippen molar-refractivity contribution in [3.05, 3.63) is 59.2 Å². The molecule has 0 fully saturated rings. The largest absolute Gasteiger partial charge is 0.490 e. The Morgan fingerprint density at radius 3 is 2.73 bits per heavy atom. The number of methoxy groups -OCH3 is 1. The molecule has 2 aromatic rings. The van der Waals surface area contributed by atoms with Crippen LogP contribution in [0.4, 0.5) is 5.69 Å². The topological polar surface area (TPSA) is 85.3 Å². The molecule has 5 rings (SSSR count). The first kappa shape index (κ1) is 32.7. The van der Waals surface area contributed by atoms with Crippen LogP contribution >= 0.6 is 0 Å². The minimum absolute atomic E-state index is 0.114. The third-order valence-corrected chi connectivity index (χ3v) is 12.5. The highest BCUT2D eigenvalue weighted by molar-refractivity contribution is 7.94. The van der Waals surface area contributed by atoms with Gasteiger partial charge in [-0.2, -0.15) is 4.36 Å². The van der Waals surface area contributed by atoms with Crippen molar-refractivity contribution in [1.29, 1.82) is 0 Å². The maximum Gasteiger partial charge on any atom is 0.285 e. The molecule has 0 saturated carbocycles. The van der Waals surface area contributed by atoms with Gasteiger partial charge in [0.2, 0.25) is 0 Å². The molecule has 5 atom stereocenters. The van der Waals surface area contributed by atoms with Gasteiger partial charge in [-0.25, -0.2) is 4.21 Å². The molecule has 0 N–H and O–H groups in total. The summed E-state index contributed by atoms with van der Waals surface area (Å²) >= 11 is 0. The van der Waals surface area contributed by atoms with Crippen LogP contribution in [0.2, 0.25) is 0 Å². The Kier molecular flexibility index (Phi) is 10.5. The molecule has 0 saturated heterocycles. The molecule has 44 heavy (non-hydrogen) atoms. The van der Waals surface area contributed by atoms with Crippen LogP contribution in [0.25, 0.3) is 0 Å². The average molecular weight is 623 g/mol. The fourth-order valence-corrected chi connectivity index (χ4v) is 9.69. The van der Waals surface area contributed by atoms with Gasteiger partial charge in [0.15, 0.2) is 0 Å². The predicted octanol–water partition coefficient (Wildman–Crippen LogP) is 7.00. The molecule has 1 amide bonds. The standard InChI is InChI=1S/C36H50N2O5S/c1-5-27-22-38-24-36(19-12-14-28-13-9-10-15-31(28)36)25-43-34-18-17-29(21-32(34)38)35(40)37-44(41,23-30(39)6-2)20-11-7-8-16-33(42-4)26(27)3/h9-10,13,15,17-18,21,26-27,33H,5-8,11-12,14,16,19-20,22-25H2,1-4H3/t26-,27+,33+,36+,44+/m1/s1. The highest BCUT2D eigenvalue weighted by atomic mass is 32.2. The van der Waals surface area contributed by atoms with Crippen molar-refractivity contribution in [1.82, 2.24) is 0 Å². The second-order valence-corrected chi connectivity index (χ2v) is 15.6. The maximum absolute atomic E-state index is 14.0. The molecular weight excluding hydrogens is 572 g/mol. The van der Waals surface area contributed by atoms with Gasteiger partial charge in [0.05, 0.1) is 33.9 Å². The van der Waals surface area contributed by atoms with E-state index in [4.69, 9.17) is 9.47 Å². The van der Waals surface area contributed by atoms with Gasteiger partial charge in [0, 0.05) is 43.4 Å². The lowest BCUT2D eigenvalue weighted by atomic mass is 9.70. The second-order valence-electron chi connectivity index (χ2n) is 13.2. The van der Waals surface area contributed by atoms with Crippen molar-refractivity contribution in [2.45, 2.75) is 90.1 Å². The summed E-state index contributed by atoms with van der Waals surface area (Å²) in [5, 5.41) is 0. The van der Waals surface area contributed by atoms with Crippen LogP contribution in [0.5, 0.6) is 5.75 Å². The monoisotopic (exact) mass is 622 g/mol. The Morgan fingerprint density at radius 2 is 1.95 bits per heavy atom.